The predicted octanol–water partition coefficient (Wildman–Crippen LogP) is 2.22. The molecule has 1 N–H and O–H groups in total. The zero-order chi connectivity index (χ0) is 12.8. The summed E-state index contributed by atoms with van der Waals surface area (Å²) in [5.41, 5.74) is 0.845. The van der Waals surface area contributed by atoms with Crippen LogP contribution in [0.15, 0.2) is 18.2 Å². The molecule has 0 aromatic heterocycles. The molecule has 0 aliphatic rings. The lowest BCUT2D eigenvalue weighted by Gasteiger charge is -2.08. The topological polar surface area (TPSA) is 72.6 Å². The number of rotatable bonds is 6. The highest BCUT2D eigenvalue weighted by Gasteiger charge is 2.11. The summed E-state index contributed by atoms with van der Waals surface area (Å²) in [4.78, 5) is 10.3. The van der Waals surface area contributed by atoms with Crippen LogP contribution in [-0.2, 0) is 5.75 Å². The van der Waals surface area contributed by atoms with Crippen LogP contribution in [0.3, 0.4) is 0 Å². The third-order valence-electron chi connectivity index (χ3n) is 2.19. The molecule has 0 heterocycles. The van der Waals surface area contributed by atoms with E-state index in [2.05, 4.69) is 0 Å². The van der Waals surface area contributed by atoms with Gasteiger partial charge in [-0.15, -0.1) is 0 Å². The van der Waals surface area contributed by atoms with Crippen molar-refractivity contribution in [1.82, 2.24) is 0 Å². The van der Waals surface area contributed by atoms with Gasteiger partial charge in [-0.2, -0.15) is 11.8 Å². The molecule has 0 amide bonds. The number of aliphatic hydroxyl groups excluding tert-OH is 1. The Kier molecular flexibility index (Phi) is 5.24. The first-order valence-corrected chi connectivity index (χ1v) is 6.16. The minimum absolute atomic E-state index is 0.0246. The number of methoxy groups -OCH3 is 1. The van der Waals surface area contributed by atoms with Gasteiger partial charge in [0, 0.05) is 17.1 Å². The molecule has 0 spiro atoms. The first-order chi connectivity index (χ1) is 8.06. The number of nitro groups is 1. The van der Waals surface area contributed by atoms with E-state index in [4.69, 9.17) is 9.84 Å². The number of thioether (sulfide) groups is 1. The van der Waals surface area contributed by atoms with Crippen molar-refractivity contribution in [2.45, 2.75) is 17.9 Å². The van der Waals surface area contributed by atoms with E-state index in [1.165, 1.54) is 19.2 Å². The maximum atomic E-state index is 10.7. The second-order valence-electron chi connectivity index (χ2n) is 3.60. The Morgan fingerprint density at radius 2 is 2.24 bits per heavy atom. The first kappa shape index (κ1) is 13.8. The van der Waals surface area contributed by atoms with Crippen molar-refractivity contribution in [1.29, 1.82) is 0 Å². The van der Waals surface area contributed by atoms with Crippen LogP contribution >= 0.6 is 11.8 Å². The van der Waals surface area contributed by atoms with E-state index >= 15 is 0 Å². The molecule has 5 nitrogen and oxygen atoms in total. The Morgan fingerprint density at radius 1 is 1.53 bits per heavy atom. The van der Waals surface area contributed by atoms with E-state index < -0.39 is 4.92 Å². The Hall–Kier alpha value is -1.27. The molecule has 94 valence electrons. The van der Waals surface area contributed by atoms with Crippen molar-refractivity contribution in [3.8, 4) is 5.75 Å². The van der Waals surface area contributed by atoms with Crippen LogP contribution in [-0.4, -0.2) is 29.0 Å². The average Bonchev–Trinajstić information content (AvgIpc) is 2.35. The molecule has 6 heteroatoms. The molecule has 17 heavy (non-hydrogen) atoms. The number of nitrogens with zero attached hydrogens (tertiary/aromatic N) is 1. The van der Waals surface area contributed by atoms with E-state index in [9.17, 15) is 10.1 Å². The summed E-state index contributed by atoms with van der Waals surface area (Å²) in [6.07, 6.45) is 0. The Balaban J connectivity index is 2.83. The lowest BCUT2D eigenvalue weighted by molar-refractivity contribution is -0.385. The van der Waals surface area contributed by atoms with Gasteiger partial charge in [-0.25, -0.2) is 0 Å². The molecule has 0 fully saturated rings. The highest BCUT2D eigenvalue weighted by Crippen LogP contribution is 2.26. The van der Waals surface area contributed by atoms with E-state index in [1.54, 1.807) is 17.8 Å². The molecule has 0 saturated carbocycles. The molecule has 1 aromatic carbocycles. The quantitative estimate of drug-likeness (QED) is 0.625. The van der Waals surface area contributed by atoms with Crippen LogP contribution in [0.1, 0.15) is 12.5 Å². The van der Waals surface area contributed by atoms with Crippen molar-refractivity contribution in [3.63, 3.8) is 0 Å². The average molecular weight is 257 g/mol. The van der Waals surface area contributed by atoms with E-state index in [0.717, 1.165) is 5.56 Å². The van der Waals surface area contributed by atoms with Gasteiger partial charge < -0.3 is 9.84 Å². The molecule has 0 radical (unpaired) electrons. The van der Waals surface area contributed by atoms with Gasteiger partial charge in [-0.1, -0.05) is 6.92 Å². The van der Waals surface area contributed by atoms with Gasteiger partial charge >= 0.3 is 0 Å². The number of non-ortho nitro benzene ring substituents is 1. The van der Waals surface area contributed by atoms with Gasteiger partial charge in [0.15, 0.2) is 0 Å². The van der Waals surface area contributed by atoms with Gasteiger partial charge in [-0.3, -0.25) is 10.1 Å². The van der Waals surface area contributed by atoms with Crippen LogP contribution in [0.4, 0.5) is 5.69 Å². The molecule has 0 aliphatic heterocycles. The predicted molar refractivity (Wildman–Crippen MR) is 67.5 cm³/mol. The number of hydrogen-bond acceptors (Lipinski definition) is 5. The van der Waals surface area contributed by atoms with Crippen LogP contribution in [0, 0.1) is 10.1 Å². The first-order valence-electron chi connectivity index (χ1n) is 5.11. The molecule has 1 aromatic rings. The molecule has 0 bridgehead atoms. The third-order valence-corrected chi connectivity index (χ3v) is 3.41. The number of hydrogen-bond donors (Lipinski definition) is 1. The maximum Gasteiger partial charge on any atom is 0.273 e. The van der Waals surface area contributed by atoms with Crippen molar-refractivity contribution < 1.29 is 14.8 Å². The summed E-state index contributed by atoms with van der Waals surface area (Å²) in [6.45, 7) is 2.00. The molecule has 1 unspecified atom stereocenters. The summed E-state index contributed by atoms with van der Waals surface area (Å²) in [5, 5.41) is 19.7. The molecular formula is C11H15NO4S. The number of nitro benzene ring substituents is 1. The molecule has 0 aliphatic carbocycles. The van der Waals surface area contributed by atoms with Gasteiger partial charge in [-0.05, 0) is 11.6 Å². The smallest absolute Gasteiger partial charge is 0.273 e. The van der Waals surface area contributed by atoms with Crippen molar-refractivity contribution in [2.24, 2.45) is 0 Å². The Bertz CT molecular complexity index is 397. The molecule has 1 rings (SSSR count). The number of ether oxygens (including phenoxy) is 1. The second-order valence-corrected chi connectivity index (χ2v) is 5.03. The standard InChI is InChI=1S/C11H15NO4S/c1-8(6-13)17-7-9-3-10(12(14)15)5-11(4-9)16-2/h3-5,8,13H,6-7H2,1-2H3. The highest BCUT2D eigenvalue weighted by atomic mass is 32.2. The minimum atomic E-state index is -0.438. The van der Waals surface area contributed by atoms with Gasteiger partial charge in [0.25, 0.3) is 5.69 Å². The zero-order valence-corrected chi connectivity index (χ0v) is 10.6. The van der Waals surface area contributed by atoms with Gasteiger partial charge in [0.2, 0.25) is 0 Å². The zero-order valence-electron chi connectivity index (χ0n) is 9.75. The fraction of sp³-hybridized carbons (Fsp3) is 0.455. The fourth-order valence-corrected chi connectivity index (χ4v) is 1.99. The summed E-state index contributed by atoms with van der Waals surface area (Å²) < 4.78 is 5.02. The lowest BCUT2D eigenvalue weighted by atomic mass is 10.2. The van der Waals surface area contributed by atoms with E-state index in [-0.39, 0.29) is 17.5 Å². The third kappa shape index (κ3) is 4.24. The molecular weight excluding hydrogens is 242 g/mol. The highest BCUT2D eigenvalue weighted by molar-refractivity contribution is 7.99. The van der Waals surface area contributed by atoms with E-state index in [0.29, 0.717) is 11.5 Å². The maximum absolute atomic E-state index is 10.7. The van der Waals surface area contributed by atoms with Gasteiger partial charge in [0.05, 0.1) is 24.7 Å². The van der Waals surface area contributed by atoms with E-state index in [1.807, 2.05) is 6.92 Å². The summed E-state index contributed by atoms with van der Waals surface area (Å²) in [7, 11) is 1.48. The largest absolute Gasteiger partial charge is 0.496 e. The van der Waals surface area contributed by atoms with Crippen LogP contribution in [0.5, 0.6) is 5.75 Å². The fourth-order valence-electron chi connectivity index (χ4n) is 1.24. The van der Waals surface area contributed by atoms with Gasteiger partial charge in [0.1, 0.15) is 5.75 Å². The monoisotopic (exact) mass is 257 g/mol. The summed E-state index contributed by atoms with van der Waals surface area (Å²) >= 11 is 1.54. The van der Waals surface area contributed by atoms with Crippen LogP contribution in [0.25, 0.3) is 0 Å². The van der Waals surface area contributed by atoms with Crippen molar-refractivity contribution in [2.75, 3.05) is 13.7 Å². The molecule has 0 saturated heterocycles. The van der Waals surface area contributed by atoms with Crippen molar-refractivity contribution >= 4 is 17.4 Å². The minimum Gasteiger partial charge on any atom is -0.496 e. The normalized spacial score (nSPS) is 12.2. The summed E-state index contributed by atoms with van der Waals surface area (Å²) in [5.74, 6) is 1.09. The summed E-state index contributed by atoms with van der Waals surface area (Å²) in [6, 6.07) is 4.69. The Morgan fingerprint density at radius 3 is 2.76 bits per heavy atom. The Labute approximate surface area is 104 Å². The number of benzene rings is 1. The van der Waals surface area contributed by atoms with Crippen LogP contribution in [0.2, 0.25) is 0 Å². The lowest BCUT2D eigenvalue weighted by Crippen LogP contribution is -2.02. The van der Waals surface area contributed by atoms with Crippen molar-refractivity contribution in [3.05, 3.63) is 33.9 Å². The molecule has 1 atom stereocenters. The van der Waals surface area contributed by atoms with Crippen LogP contribution < -0.4 is 4.74 Å². The number of aliphatic hydroxyl groups is 1. The second kappa shape index (κ2) is 6.46. The SMILES string of the molecule is COc1cc(CSC(C)CO)cc([N+](=O)[O-])c1.